The van der Waals surface area contributed by atoms with Crippen molar-refractivity contribution >= 4 is 38.7 Å². The summed E-state index contributed by atoms with van der Waals surface area (Å²) in [5.74, 6) is -4.67. The van der Waals surface area contributed by atoms with Crippen LogP contribution in [0.1, 0.15) is 10.4 Å². The Bertz CT molecular complexity index is 643. The predicted molar refractivity (Wildman–Crippen MR) is 70.8 cm³/mol. The van der Waals surface area contributed by atoms with Gasteiger partial charge in [-0.1, -0.05) is 0 Å². The summed E-state index contributed by atoms with van der Waals surface area (Å²) in [5.41, 5.74) is -0.772. The van der Waals surface area contributed by atoms with E-state index in [0.29, 0.717) is 3.57 Å². The van der Waals surface area contributed by atoms with E-state index in [0.717, 1.165) is 12.1 Å². The number of alkyl halides is 3. The fourth-order valence-electron chi connectivity index (χ4n) is 1.23. The van der Waals surface area contributed by atoms with E-state index in [-0.39, 0.29) is 0 Å². The molecule has 0 saturated heterocycles. The molecule has 0 aliphatic rings. The number of hydrogen-bond donors (Lipinski definition) is 1. The lowest BCUT2D eigenvalue weighted by Gasteiger charge is -2.19. The smallest absolute Gasteiger partial charge is 0.426 e. The minimum atomic E-state index is -5.23. The van der Waals surface area contributed by atoms with Gasteiger partial charge in [-0.05, 0) is 40.8 Å². The van der Waals surface area contributed by atoms with Crippen molar-refractivity contribution in [3.8, 4) is 0 Å². The highest BCUT2D eigenvalue weighted by Crippen LogP contribution is 2.25. The number of rotatable bonds is 4. The summed E-state index contributed by atoms with van der Waals surface area (Å²) in [4.78, 5) is 11.5. The van der Waals surface area contributed by atoms with Crippen molar-refractivity contribution in [3.05, 3.63) is 33.1 Å². The van der Waals surface area contributed by atoms with Crippen LogP contribution in [-0.2, 0) is 14.9 Å². The van der Waals surface area contributed by atoms with E-state index < -0.39 is 45.5 Å². The van der Waals surface area contributed by atoms with Crippen LogP contribution in [0.15, 0.2) is 18.2 Å². The van der Waals surface area contributed by atoms with Gasteiger partial charge in [-0.15, -0.1) is 0 Å². The molecular formula is C10H7F4IO5S. The van der Waals surface area contributed by atoms with Gasteiger partial charge in [-0.25, -0.2) is 9.18 Å². The maximum atomic E-state index is 13.4. The van der Waals surface area contributed by atoms with Gasteiger partial charge in [-0.2, -0.15) is 21.6 Å². The molecule has 0 aromatic heterocycles. The van der Waals surface area contributed by atoms with Gasteiger partial charge in [0.1, 0.15) is 11.6 Å². The molecule has 21 heavy (non-hydrogen) atoms. The Balaban J connectivity index is 3.03. The molecule has 11 heteroatoms. The van der Waals surface area contributed by atoms with Crippen LogP contribution in [-0.4, -0.2) is 37.0 Å². The molecule has 0 bridgehead atoms. The first kappa shape index (κ1) is 18.1. The molecule has 0 radical (unpaired) electrons. The number of halogens is 5. The molecule has 0 amide bonds. The third-order valence-corrected chi connectivity index (χ3v) is 3.52. The van der Waals surface area contributed by atoms with E-state index >= 15 is 0 Å². The number of ether oxygens (including phenoxy) is 1. The van der Waals surface area contributed by atoms with E-state index in [9.17, 15) is 30.8 Å². The van der Waals surface area contributed by atoms with Crippen LogP contribution in [0.3, 0.4) is 0 Å². The fraction of sp³-hybridized carbons (Fsp3) is 0.300. The average Bonchev–Trinajstić information content (AvgIpc) is 2.28. The summed E-state index contributed by atoms with van der Waals surface area (Å²) in [6.07, 6.45) is -8.33. The fourth-order valence-corrected chi connectivity index (χ4v) is 2.36. The topological polar surface area (TPSA) is 80.7 Å². The third-order valence-electron chi connectivity index (χ3n) is 2.12. The highest BCUT2D eigenvalue weighted by molar-refractivity contribution is 14.1. The Labute approximate surface area is 130 Å². The standard InChI is InChI=1S/C10H7F4IO5S/c11-7-2-1-5(15)3-6(7)9(16)20-8(10(12,13)14)4-21(17,18)19/h1-3,8H,4H2,(H,17,18,19). The number of carbonyl (C=O) groups excluding carboxylic acids is 1. The zero-order valence-electron chi connectivity index (χ0n) is 9.89. The summed E-state index contributed by atoms with van der Waals surface area (Å²) in [7, 11) is -5.05. The quantitative estimate of drug-likeness (QED) is 0.336. The van der Waals surface area contributed by atoms with Crippen molar-refractivity contribution in [2.75, 3.05) is 5.75 Å². The molecule has 1 aromatic rings. The van der Waals surface area contributed by atoms with Gasteiger partial charge < -0.3 is 4.74 Å². The van der Waals surface area contributed by atoms with Crippen molar-refractivity contribution < 1.29 is 40.1 Å². The van der Waals surface area contributed by atoms with Gasteiger partial charge in [0.05, 0.1) is 5.56 Å². The van der Waals surface area contributed by atoms with E-state index in [1.807, 2.05) is 0 Å². The van der Waals surface area contributed by atoms with Gasteiger partial charge in [0.25, 0.3) is 10.1 Å². The van der Waals surface area contributed by atoms with Crippen LogP contribution < -0.4 is 0 Å². The molecular weight excluding hydrogens is 435 g/mol. The van der Waals surface area contributed by atoms with E-state index in [2.05, 4.69) is 4.74 Å². The van der Waals surface area contributed by atoms with E-state index in [1.54, 1.807) is 22.6 Å². The monoisotopic (exact) mass is 442 g/mol. The molecule has 5 nitrogen and oxygen atoms in total. The second-order valence-corrected chi connectivity index (χ2v) is 6.55. The SMILES string of the molecule is O=C(OC(CS(=O)(=O)O)C(F)(F)F)c1cc(I)ccc1F. The number of hydrogen-bond acceptors (Lipinski definition) is 4. The van der Waals surface area contributed by atoms with Crippen LogP contribution in [0.25, 0.3) is 0 Å². The lowest BCUT2D eigenvalue weighted by molar-refractivity contribution is -0.197. The molecule has 0 heterocycles. The Morgan fingerprint density at radius 2 is 1.95 bits per heavy atom. The molecule has 1 unspecified atom stereocenters. The summed E-state index contributed by atoms with van der Waals surface area (Å²) >= 11 is 1.69. The highest BCUT2D eigenvalue weighted by atomic mass is 127. The lowest BCUT2D eigenvalue weighted by Crippen LogP contribution is -2.39. The molecule has 0 aliphatic heterocycles. The second kappa shape index (κ2) is 6.44. The molecule has 1 aromatic carbocycles. The van der Waals surface area contributed by atoms with Gasteiger partial charge in [0.15, 0.2) is 0 Å². The van der Waals surface area contributed by atoms with E-state index in [4.69, 9.17) is 4.55 Å². The molecule has 1 rings (SSSR count). The van der Waals surface area contributed by atoms with Gasteiger partial charge in [0, 0.05) is 3.57 Å². The molecule has 0 spiro atoms. The van der Waals surface area contributed by atoms with Crippen LogP contribution in [0.4, 0.5) is 17.6 Å². The zero-order valence-corrected chi connectivity index (χ0v) is 12.9. The minimum absolute atomic E-state index is 0.360. The first-order chi connectivity index (χ1) is 9.40. The van der Waals surface area contributed by atoms with Crippen LogP contribution >= 0.6 is 22.6 Å². The first-order valence-corrected chi connectivity index (χ1v) is 7.77. The zero-order chi connectivity index (χ0) is 16.4. The molecule has 118 valence electrons. The first-order valence-electron chi connectivity index (χ1n) is 5.08. The van der Waals surface area contributed by atoms with Gasteiger partial charge in [0.2, 0.25) is 6.10 Å². The summed E-state index contributed by atoms with van der Waals surface area (Å²) in [5, 5.41) is 0. The lowest BCUT2D eigenvalue weighted by atomic mass is 10.2. The number of benzene rings is 1. The maximum Gasteiger partial charge on any atom is 0.426 e. The summed E-state index contributed by atoms with van der Waals surface area (Å²) < 4.78 is 84.8. The third kappa shape index (κ3) is 5.74. The second-order valence-electron chi connectivity index (χ2n) is 3.81. The normalized spacial score (nSPS) is 13.8. The van der Waals surface area contributed by atoms with Crippen molar-refractivity contribution in [2.45, 2.75) is 12.3 Å². The molecule has 0 saturated carbocycles. The largest absolute Gasteiger partial charge is 0.448 e. The van der Waals surface area contributed by atoms with Crippen LogP contribution in [0.5, 0.6) is 0 Å². The van der Waals surface area contributed by atoms with E-state index in [1.165, 1.54) is 6.07 Å². The molecule has 0 aliphatic carbocycles. The Morgan fingerprint density at radius 3 is 2.43 bits per heavy atom. The van der Waals surface area contributed by atoms with Crippen molar-refractivity contribution in [1.82, 2.24) is 0 Å². The van der Waals surface area contributed by atoms with Crippen LogP contribution in [0, 0.1) is 9.39 Å². The van der Waals surface area contributed by atoms with Crippen molar-refractivity contribution in [1.29, 1.82) is 0 Å². The summed E-state index contributed by atoms with van der Waals surface area (Å²) in [6, 6.07) is 3.06. The number of carbonyl (C=O) groups is 1. The Hall–Kier alpha value is -0.950. The maximum absolute atomic E-state index is 13.4. The predicted octanol–water partition coefficient (Wildman–Crippen LogP) is 2.41. The molecule has 1 atom stereocenters. The van der Waals surface area contributed by atoms with Gasteiger partial charge >= 0.3 is 12.1 Å². The highest BCUT2D eigenvalue weighted by Gasteiger charge is 2.45. The number of esters is 1. The van der Waals surface area contributed by atoms with Gasteiger partial charge in [-0.3, -0.25) is 4.55 Å². The van der Waals surface area contributed by atoms with Crippen molar-refractivity contribution in [3.63, 3.8) is 0 Å². The minimum Gasteiger partial charge on any atom is -0.448 e. The molecule has 1 N–H and O–H groups in total. The Kier molecular flexibility index (Phi) is 5.55. The average molecular weight is 442 g/mol. The summed E-state index contributed by atoms with van der Waals surface area (Å²) in [6.45, 7) is 0. The molecule has 0 fully saturated rings. The Morgan fingerprint density at radius 1 is 1.38 bits per heavy atom. The van der Waals surface area contributed by atoms with Crippen LogP contribution in [0.2, 0.25) is 0 Å². The van der Waals surface area contributed by atoms with Crippen molar-refractivity contribution in [2.24, 2.45) is 0 Å².